The lowest BCUT2D eigenvalue weighted by Crippen LogP contribution is -2.46. The molecule has 1 spiro atoms. The predicted octanol–water partition coefficient (Wildman–Crippen LogP) is 1.32. The van der Waals surface area contributed by atoms with Crippen LogP contribution in [0.5, 0.6) is 0 Å². The maximum Gasteiger partial charge on any atom is 0.147 e. The van der Waals surface area contributed by atoms with E-state index in [0.29, 0.717) is 20.0 Å². The Balaban J connectivity index is 1.95. The third-order valence-electron chi connectivity index (χ3n) is 2.58. The van der Waals surface area contributed by atoms with Gasteiger partial charge in [0.2, 0.25) is 0 Å². The first-order valence-electron chi connectivity index (χ1n) is 4.71. The first kappa shape index (κ1) is 8.48. The Morgan fingerprint density at radius 3 is 2.58 bits per heavy atom. The molecule has 2 heterocycles. The van der Waals surface area contributed by atoms with Crippen LogP contribution in [0.2, 0.25) is 0 Å². The Morgan fingerprint density at radius 2 is 1.75 bits per heavy atom. The molecule has 3 heteroatoms. The molecule has 2 aliphatic rings. The van der Waals surface area contributed by atoms with Crippen molar-refractivity contribution >= 4 is 0 Å². The van der Waals surface area contributed by atoms with Gasteiger partial charge >= 0.3 is 0 Å². The molecule has 0 amide bonds. The monoisotopic (exact) mass is 172 g/mol. The molecule has 0 saturated carbocycles. The van der Waals surface area contributed by atoms with Gasteiger partial charge in [-0.1, -0.05) is 12.8 Å². The van der Waals surface area contributed by atoms with Crippen molar-refractivity contribution in [1.82, 2.24) is 0 Å². The van der Waals surface area contributed by atoms with Crippen LogP contribution in [0, 0.1) is 0 Å². The van der Waals surface area contributed by atoms with Crippen molar-refractivity contribution in [2.75, 3.05) is 26.6 Å². The number of ether oxygens (including phenoxy) is 3. The molecule has 0 bridgehead atoms. The maximum absolute atomic E-state index is 5.78. The number of hydrogen-bond acceptors (Lipinski definition) is 3. The van der Waals surface area contributed by atoms with Gasteiger partial charge < -0.3 is 14.2 Å². The van der Waals surface area contributed by atoms with E-state index in [1.807, 2.05) is 0 Å². The summed E-state index contributed by atoms with van der Waals surface area (Å²) in [5, 5.41) is 0. The normalized spacial score (nSPS) is 30.0. The fourth-order valence-corrected chi connectivity index (χ4v) is 1.87. The Labute approximate surface area is 73.0 Å². The van der Waals surface area contributed by atoms with E-state index >= 15 is 0 Å². The zero-order valence-corrected chi connectivity index (χ0v) is 7.38. The lowest BCUT2D eigenvalue weighted by atomic mass is 9.98. The maximum atomic E-state index is 5.78. The van der Waals surface area contributed by atoms with Gasteiger partial charge in [-0.15, -0.1) is 0 Å². The van der Waals surface area contributed by atoms with Crippen LogP contribution in [0.25, 0.3) is 0 Å². The van der Waals surface area contributed by atoms with Crippen LogP contribution in [0.3, 0.4) is 0 Å². The van der Waals surface area contributed by atoms with E-state index < -0.39 is 0 Å². The van der Waals surface area contributed by atoms with Gasteiger partial charge in [0.05, 0.1) is 13.2 Å². The van der Waals surface area contributed by atoms with Crippen molar-refractivity contribution in [3.63, 3.8) is 0 Å². The van der Waals surface area contributed by atoms with E-state index in [9.17, 15) is 0 Å². The zero-order valence-electron chi connectivity index (χ0n) is 7.38. The van der Waals surface area contributed by atoms with E-state index in [1.54, 1.807) is 0 Å². The summed E-state index contributed by atoms with van der Waals surface area (Å²) in [5.74, 6) is 0. The summed E-state index contributed by atoms with van der Waals surface area (Å²) in [6, 6.07) is 0. The molecule has 0 aromatic heterocycles. The van der Waals surface area contributed by atoms with Crippen LogP contribution in [-0.2, 0) is 14.2 Å². The molecular formula is C9H16O3. The zero-order chi connectivity index (χ0) is 8.28. The van der Waals surface area contributed by atoms with E-state index in [0.717, 1.165) is 13.0 Å². The molecule has 2 fully saturated rings. The summed E-state index contributed by atoms with van der Waals surface area (Å²) in [7, 11) is 0. The second kappa shape index (κ2) is 3.73. The van der Waals surface area contributed by atoms with Crippen molar-refractivity contribution in [1.29, 1.82) is 0 Å². The van der Waals surface area contributed by atoms with Crippen molar-refractivity contribution in [2.45, 2.75) is 31.3 Å². The Hall–Kier alpha value is -0.120. The molecule has 2 rings (SSSR count). The molecule has 70 valence electrons. The molecule has 0 unspecified atom stereocenters. The highest BCUT2D eigenvalue weighted by molar-refractivity contribution is 4.83. The summed E-state index contributed by atoms with van der Waals surface area (Å²) in [4.78, 5) is 0. The fraction of sp³-hybridized carbons (Fsp3) is 1.00. The van der Waals surface area contributed by atoms with Crippen LogP contribution < -0.4 is 0 Å². The molecule has 0 radical (unpaired) electrons. The molecule has 12 heavy (non-hydrogen) atoms. The van der Waals surface area contributed by atoms with Gasteiger partial charge in [-0.05, 0) is 12.8 Å². The number of rotatable bonds is 0. The fourth-order valence-electron chi connectivity index (χ4n) is 1.87. The van der Waals surface area contributed by atoms with Crippen molar-refractivity contribution < 1.29 is 14.2 Å². The lowest BCUT2D eigenvalue weighted by Gasteiger charge is -2.35. The van der Waals surface area contributed by atoms with Gasteiger partial charge in [-0.3, -0.25) is 0 Å². The molecule has 0 aromatic carbocycles. The molecule has 0 atom stereocenters. The highest BCUT2D eigenvalue weighted by Gasteiger charge is 2.35. The lowest BCUT2D eigenvalue weighted by molar-refractivity contribution is -0.218. The molecule has 0 aromatic rings. The molecular weight excluding hydrogens is 156 g/mol. The minimum atomic E-state index is -0.102. The average molecular weight is 172 g/mol. The van der Waals surface area contributed by atoms with Crippen LogP contribution in [0.4, 0.5) is 0 Å². The quantitative estimate of drug-likeness (QED) is 0.551. The first-order chi connectivity index (χ1) is 5.91. The van der Waals surface area contributed by atoms with E-state index in [4.69, 9.17) is 14.2 Å². The van der Waals surface area contributed by atoms with E-state index in [2.05, 4.69) is 0 Å². The third kappa shape index (κ3) is 1.79. The highest BCUT2D eigenvalue weighted by atomic mass is 16.7. The largest absolute Gasteiger partial charge is 0.370 e. The van der Waals surface area contributed by atoms with Crippen molar-refractivity contribution in [3.05, 3.63) is 0 Å². The van der Waals surface area contributed by atoms with E-state index in [-0.39, 0.29) is 5.60 Å². The van der Waals surface area contributed by atoms with Gasteiger partial charge in [-0.2, -0.15) is 0 Å². The van der Waals surface area contributed by atoms with Crippen LogP contribution in [0.15, 0.2) is 0 Å². The first-order valence-corrected chi connectivity index (χ1v) is 4.71. The van der Waals surface area contributed by atoms with Crippen molar-refractivity contribution in [2.24, 2.45) is 0 Å². The minimum Gasteiger partial charge on any atom is -0.370 e. The summed E-state index contributed by atoms with van der Waals surface area (Å²) >= 11 is 0. The van der Waals surface area contributed by atoms with Crippen LogP contribution >= 0.6 is 0 Å². The Bertz CT molecular complexity index is 131. The molecule has 2 saturated heterocycles. The van der Waals surface area contributed by atoms with Crippen LogP contribution in [0.1, 0.15) is 25.7 Å². The van der Waals surface area contributed by atoms with Gasteiger partial charge in [0.25, 0.3) is 0 Å². The Morgan fingerprint density at radius 1 is 0.917 bits per heavy atom. The summed E-state index contributed by atoms with van der Waals surface area (Å²) in [5.41, 5.74) is -0.102. The molecule has 2 aliphatic heterocycles. The number of hydrogen-bond donors (Lipinski definition) is 0. The second-order valence-electron chi connectivity index (χ2n) is 3.66. The average Bonchev–Trinajstić information content (AvgIpc) is 2.33. The Kier molecular flexibility index (Phi) is 2.63. The standard InChI is InChI=1S/C9H16O3/c1-2-4-9(12-5-3-1)6-10-8-11-7-9/h1-8H2. The molecule has 0 N–H and O–H groups in total. The highest BCUT2D eigenvalue weighted by Crippen LogP contribution is 2.27. The smallest absolute Gasteiger partial charge is 0.147 e. The third-order valence-corrected chi connectivity index (χ3v) is 2.58. The summed E-state index contributed by atoms with van der Waals surface area (Å²) in [6.07, 6.45) is 4.79. The SMILES string of the molecule is C1CCOC2(CC1)COCOC2. The molecule has 0 aliphatic carbocycles. The second-order valence-corrected chi connectivity index (χ2v) is 3.66. The van der Waals surface area contributed by atoms with Crippen LogP contribution in [-0.4, -0.2) is 32.2 Å². The topological polar surface area (TPSA) is 27.7 Å². The van der Waals surface area contributed by atoms with E-state index in [1.165, 1.54) is 19.3 Å². The van der Waals surface area contributed by atoms with Crippen molar-refractivity contribution in [3.8, 4) is 0 Å². The predicted molar refractivity (Wildman–Crippen MR) is 43.9 cm³/mol. The molecule has 3 nitrogen and oxygen atoms in total. The summed E-state index contributed by atoms with van der Waals surface area (Å²) < 4.78 is 16.3. The summed E-state index contributed by atoms with van der Waals surface area (Å²) in [6.45, 7) is 2.73. The van der Waals surface area contributed by atoms with Gasteiger partial charge in [-0.25, -0.2) is 0 Å². The van der Waals surface area contributed by atoms with Gasteiger partial charge in [0.1, 0.15) is 12.4 Å². The van der Waals surface area contributed by atoms with Gasteiger partial charge in [0.15, 0.2) is 0 Å². The minimum absolute atomic E-state index is 0.102. The van der Waals surface area contributed by atoms with Gasteiger partial charge in [0, 0.05) is 6.61 Å².